The lowest BCUT2D eigenvalue weighted by atomic mass is 9.83. The minimum atomic E-state index is -0.641. The van der Waals surface area contributed by atoms with Crippen LogP contribution in [0, 0.1) is 11.3 Å². The average Bonchev–Trinajstić information content (AvgIpc) is 2.63. The molecular formula is C19H26Cl2N4O. The Labute approximate surface area is 166 Å². The fraction of sp³-hybridized carbons (Fsp3) is 0.579. The Morgan fingerprint density at radius 1 is 1.19 bits per heavy atom. The molecule has 5 nitrogen and oxygen atoms in total. The lowest BCUT2D eigenvalue weighted by Gasteiger charge is -2.37. The first kappa shape index (κ1) is 20.8. The van der Waals surface area contributed by atoms with Crippen molar-refractivity contribution in [1.29, 1.82) is 5.26 Å². The maximum absolute atomic E-state index is 12.4. The number of hydrogen-bond donors (Lipinski definition) is 1. The number of piperazine rings is 1. The number of amides is 1. The van der Waals surface area contributed by atoms with Gasteiger partial charge in [0.05, 0.1) is 12.6 Å². The molecule has 2 aliphatic rings. The van der Waals surface area contributed by atoms with Gasteiger partial charge in [0.25, 0.3) is 0 Å². The van der Waals surface area contributed by atoms with Crippen LogP contribution >= 0.6 is 24.0 Å². The van der Waals surface area contributed by atoms with Gasteiger partial charge in [-0.25, -0.2) is 0 Å². The largest absolute Gasteiger partial charge is 0.369 e. The number of rotatable bonds is 4. The van der Waals surface area contributed by atoms with E-state index in [0.717, 1.165) is 69.0 Å². The first-order chi connectivity index (χ1) is 12.1. The Morgan fingerprint density at radius 3 is 2.50 bits per heavy atom. The summed E-state index contributed by atoms with van der Waals surface area (Å²) in [5.41, 5.74) is 0.486. The third-order valence-corrected chi connectivity index (χ3v) is 5.45. The highest BCUT2D eigenvalue weighted by molar-refractivity contribution is 6.30. The van der Waals surface area contributed by atoms with E-state index in [2.05, 4.69) is 27.3 Å². The highest BCUT2D eigenvalue weighted by Gasteiger charge is 2.34. The first-order valence-electron chi connectivity index (χ1n) is 9.05. The smallest absolute Gasteiger partial charge is 0.235 e. The standard InChI is InChI=1S/C19H25ClN4O.ClH/c20-16-5-4-6-17(13-16)24-11-9-23(10-12-24)14-18(25)22-19(15-21)7-2-1-3-8-19;/h4-6,13H,1-3,7-12,14H2,(H,22,25);1H. The fourth-order valence-corrected chi connectivity index (χ4v) is 3.95. The molecule has 3 rings (SSSR count). The normalized spacial score (nSPS) is 19.9. The molecule has 1 aliphatic heterocycles. The number of carbonyl (C=O) groups is 1. The number of nitriles is 1. The van der Waals surface area contributed by atoms with Gasteiger partial charge in [0.2, 0.25) is 5.91 Å². The van der Waals surface area contributed by atoms with E-state index in [1.807, 2.05) is 18.2 Å². The zero-order chi connectivity index (χ0) is 17.7. The molecule has 142 valence electrons. The van der Waals surface area contributed by atoms with Crippen molar-refractivity contribution in [3.63, 3.8) is 0 Å². The second-order valence-electron chi connectivity index (χ2n) is 7.05. The molecule has 2 fully saturated rings. The number of benzene rings is 1. The van der Waals surface area contributed by atoms with E-state index in [4.69, 9.17) is 11.6 Å². The van der Waals surface area contributed by atoms with Crippen LogP contribution in [0.2, 0.25) is 5.02 Å². The Hall–Kier alpha value is -1.48. The van der Waals surface area contributed by atoms with E-state index in [1.54, 1.807) is 0 Å². The van der Waals surface area contributed by atoms with Crippen molar-refractivity contribution in [3.8, 4) is 6.07 Å². The van der Waals surface area contributed by atoms with Gasteiger partial charge in [0.1, 0.15) is 5.54 Å². The predicted molar refractivity (Wildman–Crippen MR) is 107 cm³/mol. The van der Waals surface area contributed by atoms with Gasteiger partial charge >= 0.3 is 0 Å². The zero-order valence-corrected chi connectivity index (χ0v) is 16.5. The van der Waals surface area contributed by atoms with Crippen LogP contribution in [0.4, 0.5) is 5.69 Å². The van der Waals surface area contributed by atoms with Gasteiger partial charge in [-0.2, -0.15) is 5.26 Å². The van der Waals surface area contributed by atoms with Crippen LogP contribution in [0.3, 0.4) is 0 Å². The average molecular weight is 397 g/mol. The molecule has 26 heavy (non-hydrogen) atoms. The molecule has 1 heterocycles. The van der Waals surface area contributed by atoms with Crippen LogP contribution in [0.1, 0.15) is 32.1 Å². The van der Waals surface area contributed by atoms with E-state index >= 15 is 0 Å². The molecule has 0 spiro atoms. The predicted octanol–water partition coefficient (Wildman–Crippen LogP) is 3.23. The molecule has 7 heteroatoms. The van der Waals surface area contributed by atoms with E-state index in [1.165, 1.54) is 0 Å². The fourth-order valence-electron chi connectivity index (χ4n) is 3.77. The monoisotopic (exact) mass is 396 g/mol. The third kappa shape index (κ3) is 5.26. The summed E-state index contributed by atoms with van der Waals surface area (Å²) >= 11 is 6.06. The Balaban J connectivity index is 0.00000243. The minimum absolute atomic E-state index is 0. The minimum Gasteiger partial charge on any atom is -0.369 e. The van der Waals surface area contributed by atoms with Crippen molar-refractivity contribution in [3.05, 3.63) is 29.3 Å². The molecule has 0 aromatic heterocycles. The van der Waals surface area contributed by atoms with E-state index in [-0.39, 0.29) is 18.3 Å². The highest BCUT2D eigenvalue weighted by Crippen LogP contribution is 2.27. The summed E-state index contributed by atoms with van der Waals surface area (Å²) in [5.74, 6) is -0.0281. The topological polar surface area (TPSA) is 59.4 Å². The molecule has 1 N–H and O–H groups in total. The van der Waals surface area contributed by atoms with Gasteiger partial charge in [-0.1, -0.05) is 36.9 Å². The van der Waals surface area contributed by atoms with Gasteiger partial charge in [-0.15, -0.1) is 12.4 Å². The van der Waals surface area contributed by atoms with Gasteiger partial charge in [-0.05, 0) is 31.0 Å². The molecule has 0 atom stereocenters. The summed E-state index contributed by atoms with van der Waals surface area (Å²) in [6.07, 6.45) is 4.75. The number of nitrogens with one attached hydrogen (secondary N) is 1. The third-order valence-electron chi connectivity index (χ3n) is 5.21. The lowest BCUT2D eigenvalue weighted by molar-refractivity contribution is -0.124. The maximum Gasteiger partial charge on any atom is 0.235 e. The maximum atomic E-state index is 12.4. The molecule has 1 aromatic rings. The second kappa shape index (κ2) is 9.45. The Kier molecular flexibility index (Phi) is 7.57. The van der Waals surface area contributed by atoms with Gasteiger partial charge in [0.15, 0.2) is 0 Å². The molecule has 1 aliphatic carbocycles. The van der Waals surface area contributed by atoms with Gasteiger partial charge in [0, 0.05) is 36.9 Å². The molecule has 1 amide bonds. The van der Waals surface area contributed by atoms with Crippen LogP contribution in [0.25, 0.3) is 0 Å². The molecular weight excluding hydrogens is 371 g/mol. The SMILES string of the molecule is Cl.N#CC1(NC(=O)CN2CCN(c3cccc(Cl)c3)CC2)CCCCC1. The Morgan fingerprint density at radius 2 is 1.88 bits per heavy atom. The van der Waals surface area contributed by atoms with Crippen molar-refractivity contribution in [2.45, 2.75) is 37.6 Å². The number of carbonyl (C=O) groups excluding carboxylic acids is 1. The molecule has 1 saturated heterocycles. The molecule has 1 aromatic carbocycles. The van der Waals surface area contributed by atoms with E-state index < -0.39 is 5.54 Å². The van der Waals surface area contributed by atoms with Crippen LogP contribution in [-0.4, -0.2) is 49.1 Å². The summed E-state index contributed by atoms with van der Waals surface area (Å²) in [4.78, 5) is 16.9. The summed E-state index contributed by atoms with van der Waals surface area (Å²) in [7, 11) is 0. The van der Waals surface area contributed by atoms with Crippen LogP contribution in [-0.2, 0) is 4.79 Å². The number of anilines is 1. The van der Waals surface area contributed by atoms with Crippen molar-refractivity contribution in [2.75, 3.05) is 37.6 Å². The highest BCUT2D eigenvalue weighted by atomic mass is 35.5. The molecule has 0 radical (unpaired) electrons. The number of nitrogens with zero attached hydrogens (tertiary/aromatic N) is 3. The zero-order valence-electron chi connectivity index (χ0n) is 14.9. The van der Waals surface area contributed by atoms with Crippen LogP contribution < -0.4 is 10.2 Å². The van der Waals surface area contributed by atoms with Gasteiger partial charge in [-0.3, -0.25) is 9.69 Å². The van der Waals surface area contributed by atoms with E-state index in [0.29, 0.717) is 6.54 Å². The van der Waals surface area contributed by atoms with E-state index in [9.17, 15) is 10.1 Å². The summed E-state index contributed by atoms with van der Waals surface area (Å²) < 4.78 is 0. The van der Waals surface area contributed by atoms with Gasteiger partial charge < -0.3 is 10.2 Å². The molecule has 0 unspecified atom stereocenters. The number of halogens is 2. The molecule has 0 bridgehead atoms. The van der Waals surface area contributed by atoms with Crippen molar-refractivity contribution in [1.82, 2.24) is 10.2 Å². The van der Waals surface area contributed by atoms with Crippen molar-refractivity contribution in [2.24, 2.45) is 0 Å². The summed E-state index contributed by atoms with van der Waals surface area (Å²) in [5, 5.41) is 13.2. The van der Waals surface area contributed by atoms with Crippen LogP contribution in [0.15, 0.2) is 24.3 Å². The lowest BCUT2D eigenvalue weighted by Crippen LogP contribution is -2.54. The summed E-state index contributed by atoms with van der Waals surface area (Å²) in [6.45, 7) is 3.78. The second-order valence-corrected chi connectivity index (χ2v) is 7.48. The first-order valence-corrected chi connectivity index (χ1v) is 9.43. The summed E-state index contributed by atoms with van der Waals surface area (Å²) in [6, 6.07) is 10.2. The van der Waals surface area contributed by atoms with Crippen molar-refractivity contribution >= 4 is 35.6 Å². The van der Waals surface area contributed by atoms with Crippen LogP contribution in [0.5, 0.6) is 0 Å². The Bertz CT molecular complexity index is 647. The quantitative estimate of drug-likeness (QED) is 0.848. The van der Waals surface area contributed by atoms with Crippen molar-refractivity contribution < 1.29 is 4.79 Å². The number of hydrogen-bond acceptors (Lipinski definition) is 4. The molecule has 1 saturated carbocycles.